The predicted molar refractivity (Wildman–Crippen MR) is 122 cm³/mol. The molecular formula is C23H26N4S. The molecule has 0 saturated heterocycles. The Hall–Kier alpha value is -2.92. The van der Waals surface area contributed by atoms with Crippen molar-refractivity contribution in [2.45, 2.75) is 33.7 Å². The van der Waals surface area contributed by atoms with Crippen LogP contribution in [0.15, 0.2) is 65.9 Å². The van der Waals surface area contributed by atoms with Crippen LogP contribution in [0.25, 0.3) is 0 Å². The zero-order valence-corrected chi connectivity index (χ0v) is 17.4. The van der Waals surface area contributed by atoms with E-state index in [1.165, 1.54) is 22.3 Å². The Morgan fingerprint density at radius 1 is 1.07 bits per heavy atom. The van der Waals surface area contributed by atoms with Gasteiger partial charge in [0.15, 0.2) is 5.11 Å². The summed E-state index contributed by atoms with van der Waals surface area (Å²) >= 11 is 5.41. The second-order valence-corrected chi connectivity index (χ2v) is 7.24. The quantitative estimate of drug-likeness (QED) is 0.352. The molecule has 0 aliphatic carbocycles. The number of hydrogen-bond donors (Lipinski definition) is 2. The maximum absolute atomic E-state index is 5.41. The minimum absolute atomic E-state index is 0.483. The Morgan fingerprint density at radius 2 is 1.86 bits per heavy atom. The summed E-state index contributed by atoms with van der Waals surface area (Å²) in [4.78, 5) is 0. The molecule has 4 nitrogen and oxygen atoms in total. The van der Waals surface area contributed by atoms with Crippen molar-refractivity contribution in [3.05, 3.63) is 88.7 Å². The van der Waals surface area contributed by atoms with Crippen molar-refractivity contribution < 1.29 is 0 Å². The predicted octanol–water partition coefficient (Wildman–Crippen LogP) is 5.04. The fraction of sp³-hybridized carbons (Fsp3) is 0.217. The van der Waals surface area contributed by atoms with Crippen molar-refractivity contribution in [3.8, 4) is 0 Å². The molecule has 0 fully saturated rings. The van der Waals surface area contributed by atoms with Crippen molar-refractivity contribution in [2.75, 3.05) is 5.32 Å². The Bertz CT molecular complexity index is 971. The van der Waals surface area contributed by atoms with Gasteiger partial charge in [0.25, 0.3) is 0 Å². The van der Waals surface area contributed by atoms with Crippen molar-refractivity contribution in [3.63, 3.8) is 0 Å². The Kier molecular flexibility index (Phi) is 6.61. The van der Waals surface area contributed by atoms with Crippen LogP contribution in [0.4, 0.5) is 5.69 Å². The monoisotopic (exact) mass is 390 g/mol. The standard InChI is InChI=1S/C23H26N4S/c1-4-20-8-5-7-18(3)22(20)25-23(28)26-24-15-21-9-6-14-27(21)16-19-12-10-17(2)11-13-19/h5-15H,4,16H2,1-3H3,(H2,25,26,28)/b24-15-. The lowest BCUT2D eigenvalue weighted by atomic mass is 10.1. The number of para-hydroxylation sites is 1. The molecule has 0 amide bonds. The maximum atomic E-state index is 5.41. The zero-order chi connectivity index (χ0) is 19.9. The fourth-order valence-corrected chi connectivity index (χ4v) is 3.23. The minimum Gasteiger partial charge on any atom is -0.342 e. The van der Waals surface area contributed by atoms with Crippen LogP contribution in [-0.4, -0.2) is 15.9 Å². The highest BCUT2D eigenvalue weighted by atomic mass is 32.1. The Morgan fingerprint density at radius 3 is 2.61 bits per heavy atom. The number of hydrogen-bond acceptors (Lipinski definition) is 2. The summed E-state index contributed by atoms with van der Waals surface area (Å²) in [5.74, 6) is 0. The molecule has 2 N–H and O–H groups in total. The first-order chi connectivity index (χ1) is 13.6. The number of thiocarbonyl (C=S) groups is 1. The number of hydrazone groups is 1. The van der Waals surface area contributed by atoms with E-state index >= 15 is 0 Å². The van der Waals surface area contributed by atoms with Gasteiger partial charge in [0.2, 0.25) is 0 Å². The van der Waals surface area contributed by atoms with E-state index in [-0.39, 0.29) is 0 Å². The molecule has 0 radical (unpaired) electrons. The van der Waals surface area contributed by atoms with Crippen LogP contribution in [0.2, 0.25) is 0 Å². The molecule has 28 heavy (non-hydrogen) atoms. The first-order valence-corrected chi connectivity index (χ1v) is 9.87. The van der Waals surface area contributed by atoms with E-state index in [9.17, 15) is 0 Å². The molecule has 0 saturated carbocycles. The summed E-state index contributed by atoms with van der Waals surface area (Å²) in [5, 5.41) is 8.06. The molecule has 5 heteroatoms. The third-order valence-corrected chi connectivity index (χ3v) is 4.87. The maximum Gasteiger partial charge on any atom is 0.191 e. The molecule has 0 aliphatic heterocycles. The van der Waals surface area contributed by atoms with E-state index in [1.54, 1.807) is 6.21 Å². The lowest BCUT2D eigenvalue weighted by molar-refractivity contribution is 0.798. The molecule has 3 rings (SSSR count). The van der Waals surface area contributed by atoms with Gasteiger partial charge < -0.3 is 9.88 Å². The second-order valence-electron chi connectivity index (χ2n) is 6.83. The molecule has 0 aliphatic rings. The van der Waals surface area contributed by atoms with Gasteiger partial charge in [0, 0.05) is 18.4 Å². The smallest absolute Gasteiger partial charge is 0.191 e. The van der Waals surface area contributed by atoms with Crippen LogP contribution in [0, 0.1) is 13.8 Å². The largest absolute Gasteiger partial charge is 0.342 e. The van der Waals surface area contributed by atoms with Crippen LogP contribution in [0.1, 0.15) is 34.9 Å². The molecule has 0 atom stereocenters. The van der Waals surface area contributed by atoms with Crippen LogP contribution in [0.3, 0.4) is 0 Å². The minimum atomic E-state index is 0.483. The summed E-state index contributed by atoms with van der Waals surface area (Å²) in [7, 11) is 0. The van der Waals surface area contributed by atoms with Gasteiger partial charge in [-0.15, -0.1) is 0 Å². The van der Waals surface area contributed by atoms with Crippen LogP contribution in [-0.2, 0) is 13.0 Å². The van der Waals surface area contributed by atoms with Gasteiger partial charge in [-0.2, -0.15) is 5.10 Å². The number of benzene rings is 2. The third-order valence-electron chi connectivity index (χ3n) is 4.68. The number of nitrogens with one attached hydrogen (secondary N) is 2. The molecule has 1 aromatic heterocycles. The fourth-order valence-electron chi connectivity index (χ4n) is 3.08. The first kappa shape index (κ1) is 19.8. The van der Waals surface area contributed by atoms with E-state index in [2.05, 4.69) is 89.8 Å². The second kappa shape index (κ2) is 9.33. The van der Waals surface area contributed by atoms with Gasteiger partial charge in [-0.3, -0.25) is 5.43 Å². The van der Waals surface area contributed by atoms with E-state index < -0.39 is 0 Å². The zero-order valence-electron chi connectivity index (χ0n) is 16.6. The Balaban J connectivity index is 1.62. The number of aryl methyl sites for hydroxylation is 3. The van der Waals surface area contributed by atoms with Gasteiger partial charge in [-0.05, 0) is 61.3 Å². The number of anilines is 1. The molecule has 0 unspecified atom stereocenters. The normalized spacial score (nSPS) is 11.0. The molecule has 144 valence electrons. The highest BCUT2D eigenvalue weighted by Gasteiger charge is 2.05. The van der Waals surface area contributed by atoms with Gasteiger partial charge in [0.1, 0.15) is 0 Å². The lowest BCUT2D eigenvalue weighted by Gasteiger charge is -2.14. The highest BCUT2D eigenvalue weighted by molar-refractivity contribution is 7.80. The third kappa shape index (κ3) is 5.08. The molecule has 2 aromatic carbocycles. The van der Waals surface area contributed by atoms with Crippen molar-refractivity contribution in [1.29, 1.82) is 0 Å². The number of nitrogens with zero attached hydrogens (tertiary/aromatic N) is 2. The van der Waals surface area contributed by atoms with Crippen molar-refractivity contribution >= 4 is 29.2 Å². The number of rotatable bonds is 6. The molecule has 3 aromatic rings. The summed E-state index contributed by atoms with van der Waals surface area (Å²) in [6, 6.07) is 18.9. The summed E-state index contributed by atoms with van der Waals surface area (Å²) in [6.07, 6.45) is 4.79. The van der Waals surface area contributed by atoms with E-state index in [0.29, 0.717) is 5.11 Å². The van der Waals surface area contributed by atoms with Crippen LogP contribution < -0.4 is 10.7 Å². The van der Waals surface area contributed by atoms with E-state index in [1.807, 2.05) is 12.1 Å². The average molecular weight is 391 g/mol. The highest BCUT2D eigenvalue weighted by Crippen LogP contribution is 2.20. The average Bonchev–Trinajstić information content (AvgIpc) is 3.12. The van der Waals surface area contributed by atoms with E-state index in [4.69, 9.17) is 12.2 Å². The first-order valence-electron chi connectivity index (χ1n) is 9.46. The lowest BCUT2D eigenvalue weighted by Crippen LogP contribution is -2.25. The summed E-state index contributed by atoms with van der Waals surface area (Å²) in [6.45, 7) is 7.11. The van der Waals surface area contributed by atoms with E-state index in [0.717, 1.165) is 24.3 Å². The summed E-state index contributed by atoms with van der Waals surface area (Å²) < 4.78 is 2.16. The van der Waals surface area contributed by atoms with Crippen LogP contribution in [0.5, 0.6) is 0 Å². The van der Waals surface area contributed by atoms with Crippen molar-refractivity contribution in [1.82, 2.24) is 9.99 Å². The van der Waals surface area contributed by atoms with Crippen molar-refractivity contribution in [2.24, 2.45) is 5.10 Å². The van der Waals surface area contributed by atoms with Gasteiger partial charge in [0.05, 0.1) is 11.9 Å². The molecule has 0 bridgehead atoms. The molecule has 1 heterocycles. The number of aromatic nitrogens is 1. The SMILES string of the molecule is CCc1cccc(C)c1NC(=S)N/N=C\c1cccn1Cc1ccc(C)cc1. The molecule has 0 spiro atoms. The van der Waals surface area contributed by atoms with Gasteiger partial charge in [-0.1, -0.05) is 55.0 Å². The van der Waals surface area contributed by atoms with Gasteiger partial charge >= 0.3 is 0 Å². The van der Waals surface area contributed by atoms with Gasteiger partial charge in [-0.25, -0.2) is 0 Å². The summed E-state index contributed by atoms with van der Waals surface area (Å²) in [5.41, 5.74) is 9.92. The topological polar surface area (TPSA) is 41.4 Å². The van der Waals surface area contributed by atoms with Crippen LogP contribution >= 0.6 is 12.2 Å². The molecular weight excluding hydrogens is 364 g/mol. The Labute approximate surface area is 172 Å².